The topological polar surface area (TPSA) is 23.5 Å². The molecule has 0 spiro atoms. The number of para-hydroxylation sites is 2. The van der Waals surface area contributed by atoms with Gasteiger partial charge >= 0.3 is 0 Å². The molecule has 3 aromatic rings. The fourth-order valence-corrected chi connectivity index (χ4v) is 2.42. The molecule has 0 unspecified atom stereocenters. The molecule has 0 saturated heterocycles. The first-order valence-corrected chi connectivity index (χ1v) is 6.95. The average Bonchev–Trinajstić information content (AvgIpc) is 2.52. The van der Waals surface area contributed by atoms with Crippen LogP contribution in [0.25, 0.3) is 0 Å². The van der Waals surface area contributed by atoms with Crippen LogP contribution in [0.2, 0.25) is 0 Å². The lowest BCUT2D eigenvalue weighted by Gasteiger charge is -2.26. The summed E-state index contributed by atoms with van der Waals surface area (Å²) in [4.78, 5) is 2.19. The van der Waals surface area contributed by atoms with Crippen molar-refractivity contribution in [2.75, 3.05) is 4.90 Å². The molecule has 0 bridgehead atoms. The molecule has 0 aliphatic carbocycles. The average molecular weight is 275 g/mol. The van der Waals surface area contributed by atoms with Gasteiger partial charge in [-0.25, -0.2) is 0 Å². The Morgan fingerprint density at radius 3 is 1.90 bits per heavy atom. The van der Waals surface area contributed by atoms with Crippen molar-refractivity contribution >= 4 is 17.1 Å². The van der Waals surface area contributed by atoms with Gasteiger partial charge in [-0.3, -0.25) is 0 Å². The van der Waals surface area contributed by atoms with E-state index in [2.05, 4.69) is 36.1 Å². The number of aryl methyl sites for hydroxylation is 1. The van der Waals surface area contributed by atoms with Gasteiger partial charge in [0.2, 0.25) is 0 Å². The highest BCUT2D eigenvalue weighted by molar-refractivity contribution is 5.78. The van der Waals surface area contributed by atoms with E-state index in [1.54, 1.807) is 12.1 Å². The molecule has 2 heteroatoms. The van der Waals surface area contributed by atoms with Crippen molar-refractivity contribution in [1.82, 2.24) is 0 Å². The summed E-state index contributed by atoms with van der Waals surface area (Å²) < 4.78 is 0. The van der Waals surface area contributed by atoms with Crippen molar-refractivity contribution in [3.63, 3.8) is 0 Å². The van der Waals surface area contributed by atoms with Crippen LogP contribution in [0.5, 0.6) is 5.75 Å². The smallest absolute Gasteiger partial charge is 0.115 e. The van der Waals surface area contributed by atoms with E-state index < -0.39 is 0 Å². The molecule has 104 valence electrons. The van der Waals surface area contributed by atoms with Gasteiger partial charge in [-0.05, 0) is 55.0 Å². The van der Waals surface area contributed by atoms with Crippen molar-refractivity contribution in [1.29, 1.82) is 0 Å². The quantitative estimate of drug-likeness (QED) is 0.712. The van der Waals surface area contributed by atoms with Gasteiger partial charge in [0.25, 0.3) is 0 Å². The standard InChI is InChI=1S/C19H17NO/c1-15-7-5-6-10-19(15)20(16-8-3-2-4-9-16)17-11-13-18(21)14-12-17/h2-14,21H,1H3. The molecule has 3 aromatic carbocycles. The molecule has 0 aliphatic heterocycles. The predicted octanol–water partition coefficient (Wildman–Crippen LogP) is 5.17. The van der Waals surface area contributed by atoms with Gasteiger partial charge in [-0.15, -0.1) is 0 Å². The minimum atomic E-state index is 0.275. The molecule has 0 aromatic heterocycles. The Labute approximate surface area is 124 Å². The van der Waals surface area contributed by atoms with Crippen LogP contribution in [-0.4, -0.2) is 5.11 Å². The first-order valence-electron chi connectivity index (χ1n) is 6.95. The summed E-state index contributed by atoms with van der Waals surface area (Å²) in [6.45, 7) is 2.10. The second kappa shape index (κ2) is 5.71. The second-order valence-electron chi connectivity index (χ2n) is 4.97. The Bertz CT molecular complexity index is 720. The zero-order valence-electron chi connectivity index (χ0n) is 11.9. The van der Waals surface area contributed by atoms with Crippen molar-refractivity contribution in [2.24, 2.45) is 0 Å². The van der Waals surface area contributed by atoms with Gasteiger partial charge in [0.15, 0.2) is 0 Å². The molecular formula is C19H17NO. The molecule has 0 heterocycles. The maximum Gasteiger partial charge on any atom is 0.115 e. The van der Waals surface area contributed by atoms with Gasteiger partial charge in [-0.2, -0.15) is 0 Å². The molecule has 0 fully saturated rings. The fourth-order valence-electron chi connectivity index (χ4n) is 2.42. The van der Waals surface area contributed by atoms with Crippen LogP contribution in [0.4, 0.5) is 17.1 Å². The third-order valence-electron chi connectivity index (χ3n) is 3.48. The first-order chi connectivity index (χ1) is 10.3. The number of nitrogens with zero attached hydrogens (tertiary/aromatic N) is 1. The molecule has 2 nitrogen and oxygen atoms in total. The number of aromatic hydroxyl groups is 1. The minimum Gasteiger partial charge on any atom is -0.508 e. The third kappa shape index (κ3) is 2.75. The van der Waals surface area contributed by atoms with E-state index in [-0.39, 0.29) is 5.75 Å². The van der Waals surface area contributed by atoms with Gasteiger partial charge in [-0.1, -0.05) is 36.4 Å². The fraction of sp³-hybridized carbons (Fsp3) is 0.0526. The number of hydrogen-bond acceptors (Lipinski definition) is 2. The van der Waals surface area contributed by atoms with Gasteiger partial charge in [0.05, 0.1) is 0 Å². The lowest BCUT2D eigenvalue weighted by Crippen LogP contribution is -2.10. The molecule has 1 N–H and O–H groups in total. The Balaban J connectivity index is 2.16. The number of anilines is 3. The van der Waals surface area contributed by atoms with Crippen LogP contribution < -0.4 is 4.90 Å². The summed E-state index contributed by atoms with van der Waals surface area (Å²) in [5.74, 6) is 0.275. The molecular weight excluding hydrogens is 258 g/mol. The Morgan fingerprint density at radius 1 is 0.667 bits per heavy atom. The normalized spacial score (nSPS) is 10.3. The van der Waals surface area contributed by atoms with E-state index in [1.165, 1.54) is 5.56 Å². The number of phenols is 1. The predicted molar refractivity (Wildman–Crippen MR) is 87.5 cm³/mol. The van der Waals surface area contributed by atoms with Crippen molar-refractivity contribution < 1.29 is 5.11 Å². The summed E-state index contributed by atoms with van der Waals surface area (Å²) in [6.07, 6.45) is 0. The molecule has 0 saturated carbocycles. The van der Waals surface area contributed by atoms with Crippen LogP contribution >= 0.6 is 0 Å². The van der Waals surface area contributed by atoms with Crippen LogP contribution in [0.15, 0.2) is 78.9 Å². The SMILES string of the molecule is Cc1ccccc1N(c1ccccc1)c1ccc(O)cc1. The summed E-state index contributed by atoms with van der Waals surface area (Å²) in [6, 6.07) is 25.8. The van der Waals surface area contributed by atoms with Crippen molar-refractivity contribution in [2.45, 2.75) is 6.92 Å². The summed E-state index contributed by atoms with van der Waals surface area (Å²) in [7, 11) is 0. The zero-order valence-corrected chi connectivity index (χ0v) is 11.9. The third-order valence-corrected chi connectivity index (χ3v) is 3.48. The minimum absolute atomic E-state index is 0.275. The van der Waals surface area contributed by atoms with E-state index in [0.29, 0.717) is 0 Å². The molecule has 0 aliphatic rings. The maximum atomic E-state index is 9.52. The highest BCUT2D eigenvalue weighted by Crippen LogP contribution is 2.36. The van der Waals surface area contributed by atoms with E-state index in [1.807, 2.05) is 42.5 Å². The van der Waals surface area contributed by atoms with Crippen molar-refractivity contribution in [3.8, 4) is 5.75 Å². The largest absolute Gasteiger partial charge is 0.508 e. The van der Waals surface area contributed by atoms with Crippen LogP contribution in [0.3, 0.4) is 0 Å². The number of hydrogen-bond donors (Lipinski definition) is 1. The monoisotopic (exact) mass is 275 g/mol. The Morgan fingerprint density at radius 2 is 1.24 bits per heavy atom. The number of phenolic OH excluding ortho intramolecular Hbond substituents is 1. The number of benzene rings is 3. The first kappa shape index (κ1) is 13.3. The lowest BCUT2D eigenvalue weighted by atomic mass is 10.1. The molecule has 0 atom stereocenters. The summed E-state index contributed by atoms with van der Waals surface area (Å²) >= 11 is 0. The molecule has 0 radical (unpaired) electrons. The van der Waals surface area contributed by atoms with Gasteiger partial charge < -0.3 is 10.0 Å². The van der Waals surface area contributed by atoms with Gasteiger partial charge in [0.1, 0.15) is 5.75 Å². The Hall–Kier alpha value is -2.74. The lowest BCUT2D eigenvalue weighted by molar-refractivity contribution is 0.475. The van der Waals surface area contributed by atoms with E-state index in [0.717, 1.165) is 17.1 Å². The second-order valence-corrected chi connectivity index (χ2v) is 4.97. The number of rotatable bonds is 3. The van der Waals surface area contributed by atoms with E-state index in [4.69, 9.17) is 0 Å². The Kier molecular flexibility index (Phi) is 3.61. The van der Waals surface area contributed by atoms with Crippen molar-refractivity contribution in [3.05, 3.63) is 84.4 Å². The summed E-state index contributed by atoms with van der Waals surface area (Å²) in [5, 5.41) is 9.52. The molecule has 3 rings (SSSR count). The highest BCUT2D eigenvalue weighted by atomic mass is 16.3. The molecule has 21 heavy (non-hydrogen) atoms. The zero-order chi connectivity index (χ0) is 14.7. The van der Waals surface area contributed by atoms with Gasteiger partial charge in [0, 0.05) is 17.1 Å². The van der Waals surface area contributed by atoms with Crippen LogP contribution in [0.1, 0.15) is 5.56 Å². The van der Waals surface area contributed by atoms with Crippen LogP contribution in [-0.2, 0) is 0 Å². The maximum absolute atomic E-state index is 9.52. The summed E-state index contributed by atoms with van der Waals surface area (Å²) in [5.41, 5.74) is 4.45. The highest BCUT2D eigenvalue weighted by Gasteiger charge is 2.13. The van der Waals surface area contributed by atoms with Crippen LogP contribution in [0, 0.1) is 6.92 Å². The molecule has 0 amide bonds. The van der Waals surface area contributed by atoms with E-state index in [9.17, 15) is 5.11 Å². The van der Waals surface area contributed by atoms with E-state index >= 15 is 0 Å².